The van der Waals surface area contributed by atoms with Gasteiger partial charge in [-0.2, -0.15) is 5.26 Å². The molecule has 0 radical (unpaired) electrons. The van der Waals surface area contributed by atoms with Crippen molar-refractivity contribution in [3.8, 4) is 17.3 Å². The molecule has 1 aromatic carbocycles. The average Bonchev–Trinajstić information content (AvgIpc) is 2.46. The van der Waals surface area contributed by atoms with Gasteiger partial charge in [0.2, 0.25) is 0 Å². The molecule has 0 aliphatic rings. The zero-order chi connectivity index (χ0) is 16.3. The average molecular weight is 294 g/mol. The van der Waals surface area contributed by atoms with Crippen LogP contribution < -0.4 is 5.56 Å². The Morgan fingerprint density at radius 3 is 2.50 bits per heavy atom. The van der Waals surface area contributed by atoms with Crippen LogP contribution in [0.15, 0.2) is 35.1 Å². The maximum absolute atomic E-state index is 12.5. The van der Waals surface area contributed by atoms with E-state index in [1.54, 1.807) is 10.6 Å². The van der Waals surface area contributed by atoms with Crippen molar-refractivity contribution in [2.45, 2.75) is 40.7 Å². The zero-order valence-corrected chi connectivity index (χ0v) is 13.7. The predicted octanol–water partition coefficient (Wildman–Crippen LogP) is 4.05. The Hall–Kier alpha value is -2.34. The van der Waals surface area contributed by atoms with Crippen LogP contribution >= 0.6 is 0 Å². The molecule has 0 saturated carbocycles. The van der Waals surface area contributed by atoms with E-state index < -0.39 is 0 Å². The van der Waals surface area contributed by atoms with Gasteiger partial charge in [-0.1, -0.05) is 37.6 Å². The van der Waals surface area contributed by atoms with Gasteiger partial charge in [0, 0.05) is 12.1 Å². The minimum absolute atomic E-state index is 0.194. The molecule has 0 unspecified atom stereocenters. The van der Waals surface area contributed by atoms with Gasteiger partial charge in [-0.15, -0.1) is 0 Å². The van der Waals surface area contributed by atoms with Gasteiger partial charge < -0.3 is 4.57 Å². The van der Waals surface area contributed by atoms with Crippen LogP contribution in [0.5, 0.6) is 0 Å². The molecule has 0 N–H and O–H groups in total. The lowest BCUT2D eigenvalue weighted by atomic mass is 10.0. The first kappa shape index (κ1) is 16.0. The second-order valence-corrected chi connectivity index (χ2v) is 6.20. The zero-order valence-electron chi connectivity index (χ0n) is 13.7. The molecule has 0 amide bonds. The van der Waals surface area contributed by atoms with E-state index in [0.717, 1.165) is 23.2 Å². The highest BCUT2D eigenvalue weighted by atomic mass is 16.1. The molecule has 0 atom stereocenters. The van der Waals surface area contributed by atoms with Crippen LogP contribution in [0.2, 0.25) is 0 Å². The van der Waals surface area contributed by atoms with E-state index in [1.165, 1.54) is 5.56 Å². The van der Waals surface area contributed by atoms with Crippen LogP contribution in [0.1, 0.15) is 37.0 Å². The lowest BCUT2D eigenvalue weighted by Crippen LogP contribution is -2.25. The molecular weight excluding hydrogens is 272 g/mol. The molecule has 0 fully saturated rings. The first-order valence-corrected chi connectivity index (χ1v) is 7.65. The molecule has 0 aliphatic heterocycles. The highest BCUT2D eigenvalue weighted by Crippen LogP contribution is 2.24. The van der Waals surface area contributed by atoms with E-state index >= 15 is 0 Å². The lowest BCUT2D eigenvalue weighted by Gasteiger charge is -2.16. The number of nitrogens with zero attached hydrogens (tertiary/aromatic N) is 2. The number of nitriles is 1. The van der Waals surface area contributed by atoms with E-state index in [-0.39, 0.29) is 11.1 Å². The molecule has 1 aromatic heterocycles. The fraction of sp³-hybridized carbons (Fsp3) is 0.368. The van der Waals surface area contributed by atoms with Crippen molar-refractivity contribution in [2.75, 3.05) is 0 Å². The fourth-order valence-corrected chi connectivity index (χ4v) is 2.61. The minimum atomic E-state index is -0.194. The third-order valence-corrected chi connectivity index (χ3v) is 3.88. The summed E-state index contributed by atoms with van der Waals surface area (Å²) in [5.41, 5.74) is 4.30. The number of pyridine rings is 1. The van der Waals surface area contributed by atoms with Gasteiger partial charge in [-0.25, -0.2) is 0 Å². The molecule has 2 rings (SSSR count). The number of aromatic nitrogens is 1. The van der Waals surface area contributed by atoms with Crippen molar-refractivity contribution in [1.82, 2.24) is 4.57 Å². The van der Waals surface area contributed by atoms with Gasteiger partial charge in [0.05, 0.1) is 5.69 Å². The second-order valence-electron chi connectivity index (χ2n) is 6.20. The summed E-state index contributed by atoms with van der Waals surface area (Å²) in [6.45, 7) is 9.01. The van der Waals surface area contributed by atoms with Crippen LogP contribution in [0, 0.1) is 31.1 Å². The predicted molar refractivity (Wildman–Crippen MR) is 89.8 cm³/mol. The van der Waals surface area contributed by atoms with Gasteiger partial charge >= 0.3 is 0 Å². The summed E-state index contributed by atoms with van der Waals surface area (Å²) in [6.07, 6.45) is 0.909. The number of rotatable bonds is 4. The quantitative estimate of drug-likeness (QED) is 0.854. The maximum atomic E-state index is 12.5. The summed E-state index contributed by atoms with van der Waals surface area (Å²) in [6, 6.07) is 11.7. The summed E-state index contributed by atoms with van der Waals surface area (Å²) >= 11 is 0. The Labute approximate surface area is 131 Å². The highest BCUT2D eigenvalue weighted by Gasteiger charge is 2.12. The Morgan fingerprint density at radius 1 is 1.18 bits per heavy atom. The van der Waals surface area contributed by atoms with Gasteiger partial charge in [0.25, 0.3) is 5.56 Å². The van der Waals surface area contributed by atoms with Crippen molar-refractivity contribution in [3.63, 3.8) is 0 Å². The minimum Gasteiger partial charge on any atom is -0.307 e. The summed E-state index contributed by atoms with van der Waals surface area (Å²) in [5, 5.41) is 9.11. The van der Waals surface area contributed by atoms with Crippen LogP contribution in [0.25, 0.3) is 11.3 Å². The van der Waals surface area contributed by atoms with Crippen molar-refractivity contribution in [2.24, 2.45) is 5.92 Å². The number of hydrogen-bond donors (Lipinski definition) is 0. The standard InChI is InChI=1S/C19H22N2O/c1-13(2)9-10-21-18(8-6-16(12-20)19(21)22)17-7-5-14(3)11-15(17)4/h5-8,11,13H,9-10H2,1-4H3. The van der Waals surface area contributed by atoms with Crippen molar-refractivity contribution in [1.29, 1.82) is 5.26 Å². The van der Waals surface area contributed by atoms with Gasteiger partial charge in [-0.3, -0.25) is 4.79 Å². The lowest BCUT2D eigenvalue weighted by molar-refractivity contribution is 0.510. The number of benzene rings is 1. The largest absolute Gasteiger partial charge is 0.307 e. The number of hydrogen-bond acceptors (Lipinski definition) is 2. The van der Waals surface area contributed by atoms with Gasteiger partial charge in [0.15, 0.2) is 0 Å². The maximum Gasteiger partial charge on any atom is 0.268 e. The molecule has 22 heavy (non-hydrogen) atoms. The molecule has 0 saturated heterocycles. The van der Waals surface area contributed by atoms with Crippen LogP contribution in [-0.4, -0.2) is 4.57 Å². The summed E-state index contributed by atoms with van der Waals surface area (Å²) in [7, 11) is 0. The van der Waals surface area contributed by atoms with Gasteiger partial charge in [-0.05, 0) is 43.9 Å². The Morgan fingerprint density at radius 2 is 1.91 bits per heavy atom. The summed E-state index contributed by atoms with van der Waals surface area (Å²) in [4.78, 5) is 12.5. The van der Waals surface area contributed by atoms with Gasteiger partial charge in [0.1, 0.15) is 11.6 Å². The Balaban J connectivity index is 2.62. The molecule has 3 nitrogen and oxygen atoms in total. The second kappa shape index (κ2) is 6.62. The van der Waals surface area contributed by atoms with Crippen molar-refractivity contribution < 1.29 is 0 Å². The molecule has 3 heteroatoms. The van der Waals surface area contributed by atoms with E-state index in [2.05, 4.69) is 45.9 Å². The van der Waals surface area contributed by atoms with Crippen LogP contribution in [0.4, 0.5) is 0 Å². The topological polar surface area (TPSA) is 45.8 Å². The monoisotopic (exact) mass is 294 g/mol. The molecule has 0 spiro atoms. The third-order valence-electron chi connectivity index (χ3n) is 3.88. The molecular formula is C19H22N2O. The van der Waals surface area contributed by atoms with Crippen LogP contribution in [0.3, 0.4) is 0 Å². The summed E-state index contributed by atoms with van der Waals surface area (Å²) < 4.78 is 1.75. The molecule has 0 aliphatic carbocycles. The first-order valence-electron chi connectivity index (χ1n) is 7.65. The fourth-order valence-electron chi connectivity index (χ4n) is 2.61. The van der Waals surface area contributed by atoms with E-state index in [0.29, 0.717) is 12.5 Å². The van der Waals surface area contributed by atoms with Crippen molar-refractivity contribution >= 4 is 0 Å². The van der Waals surface area contributed by atoms with E-state index in [1.807, 2.05) is 12.1 Å². The molecule has 2 aromatic rings. The Kier molecular flexibility index (Phi) is 4.82. The smallest absolute Gasteiger partial charge is 0.268 e. The molecule has 1 heterocycles. The highest BCUT2D eigenvalue weighted by molar-refractivity contribution is 5.65. The summed E-state index contributed by atoms with van der Waals surface area (Å²) in [5.74, 6) is 0.504. The normalized spacial score (nSPS) is 10.7. The van der Waals surface area contributed by atoms with E-state index in [9.17, 15) is 4.79 Å². The molecule has 114 valence electrons. The third kappa shape index (κ3) is 3.28. The SMILES string of the molecule is Cc1ccc(-c2ccc(C#N)c(=O)n2CCC(C)C)c(C)c1. The first-order chi connectivity index (χ1) is 10.4. The number of aryl methyl sites for hydroxylation is 2. The van der Waals surface area contributed by atoms with Crippen molar-refractivity contribution in [3.05, 3.63) is 57.4 Å². The van der Waals surface area contributed by atoms with Crippen LogP contribution in [-0.2, 0) is 6.54 Å². The molecule has 0 bridgehead atoms. The Bertz CT molecular complexity index is 779. The van der Waals surface area contributed by atoms with E-state index in [4.69, 9.17) is 5.26 Å².